The van der Waals surface area contributed by atoms with Gasteiger partial charge in [-0.3, -0.25) is 14.4 Å². The van der Waals surface area contributed by atoms with Crippen molar-refractivity contribution in [3.63, 3.8) is 0 Å². The molecule has 0 saturated heterocycles. The van der Waals surface area contributed by atoms with Gasteiger partial charge in [0.25, 0.3) is 0 Å². The fourth-order valence-electron chi connectivity index (χ4n) is 4.62. The molecule has 1 aromatic rings. The maximum Gasteiger partial charge on any atom is 0.164 e. The fourth-order valence-corrected chi connectivity index (χ4v) is 4.62. The minimum Gasteiger partial charge on any atom is -0.512 e. The number of fused-ring (bicyclic) bond motifs is 5. The van der Waals surface area contributed by atoms with Crippen molar-refractivity contribution in [1.82, 2.24) is 4.98 Å². The zero-order valence-corrected chi connectivity index (χ0v) is 21.4. The summed E-state index contributed by atoms with van der Waals surface area (Å²) >= 11 is 0. The van der Waals surface area contributed by atoms with Crippen molar-refractivity contribution in [3.8, 4) is 0 Å². The molecule has 0 spiro atoms. The molecule has 0 fully saturated rings. The van der Waals surface area contributed by atoms with Crippen molar-refractivity contribution < 1.29 is 36.0 Å². The molecule has 8 nitrogen and oxygen atoms in total. The van der Waals surface area contributed by atoms with E-state index in [4.69, 9.17) is 0 Å². The van der Waals surface area contributed by atoms with Gasteiger partial charge in [0.2, 0.25) is 0 Å². The molecule has 5 heterocycles. The molecule has 2 N–H and O–H groups in total. The van der Waals surface area contributed by atoms with E-state index in [0.29, 0.717) is 67.9 Å². The summed E-state index contributed by atoms with van der Waals surface area (Å²) in [6, 6.07) is 3.44. The molecular formula is C28H22N4NiO4. The van der Waals surface area contributed by atoms with E-state index in [9.17, 15) is 19.5 Å². The number of hydrogen-bond donors (Lipinski definition) is 2. The number of hydrogen-bond acceptors (Lipinski definition) is 7. The van der Waals surface area contributed by atoms with Gasteiger partial charge >= 0.3 is 0 Å². The van der Waals surface area contributed by atoms with Crippen LogP contribution < -0.4 is 0 Å². The average molecular weight is 537 g/mol. The maximum atomic E-state index is 12.7. The molecule has 5 rings (SSSR count). The van der Waals surface area contributed by atoms with E-state index >= 15 is 0 Å². The molecule has 4 aliphatic rings. The van der Waals surface area contributed by atoms with Crippen LogP contribution in [0.5, 0.6) is 0 Å². The number of carbonyl (C=O) groups excluding carboxylic acids is 3. The summed E-state index contributed by atoms with van der Waals surface area (Å²) in [6.07, 6.45) is 10.1. The first-order chi connectivity index (χ1) is 17.2. The van der Waals surface area contributed by atoms with Crippen molar-refractivity contribution >= 4 is 45.6 Å². The van der Waals surface area contributed by atoms with E-state index in [2.05, 4.69) is 20.0 Å². The summed E-state index contributed by atoms with van der Waals surface area (Å²) in [6.45, 7) is 5.85. The van der Waals surface area contributed by atoms with Crippen LogP contribution >= 0.6 is 0 Å². The first kappa shape index (κ1) is 25.9. The van der Waals surface area contributed by atoms with Gasteiger partial charge in [0.05, 0.1) is 67.9 Å². The third-order valence-electron chi connectivity index (χ3n) is 6.10. The van der Waals surface area contributed by atoms with Gasteiger partial charge in [-0.05, 0) is 76.3 Å². The van der Waals surface area contributed by atoms with Gasteiger partial charge in [0, 0.05) is 16.5 Å². The third kappa shape index (κ3) is 4.43. The van der Waals surface area contributed by atoms with Gasteiger partial charge in [-0.2, -0.15) is 0 Å². The standard InChI is InChI=1S/C28H22N4O4.Ni/c1-13(33)25-17-5-7-19(29-17)26(14(2)34)21-9-11-23(31-21)28(16(4)36)24-12-10-22(32-24)27(15(3)35)20-8-6-18(25)30-20;/h5-12,29,35H,1-4H3;. The first-order valence-corrected chi connectivity index (χ1v) is 11.3. The number of aliphatic hydroxyl groups is 1. The SMILES string of the molecule is CC(=O)C1=C2C=CC(=N2)C(=C(C)O)C2=NC(=C(C(C)=O)c3ccc([nH]3)C(C(C)=O)=C3C=CC1=N3)C=C2.[Ni]. The number of H-pyrrole nitrogens is 1. The summed E-state index contributed by atoms with van der Waals surface area (Å²) in [7, 11) is 0. The molecule has 0 aliphatic carbocycles. The van der Waals surface area contributed by atoms with Crippen LogP contribution in [0, 0.1) is 0 Å². The van der Waals surface area contributed by atoms with Gasteiger partial charge in [-0.25, -0.2) is 15.0 Å². The van der Waals surface area contributed by atoms with E-state index in [1.807, 2.05) is 0 Å². The Hall–Kier alpha value is -4.23. The Balaban J connectivity index is 0.00000320. The van der Waals surface area contributed by atoms with Crippen LogP contribution in [0.4, 0.5) is 0 Å². The number of aliphatic imine (C=N–C) groups is 3. The number of aromatic amines is 1. The summed E-state index contributed by atoms with van der Waals surface area (Å²) in [5.41, 5.74) is 4.80. The second-order valence-electron chi connectivity index (χ2n) is 8.69. The second kappa shape index (κ2) is 9.67. The Morgan fingerprint density at radius 3 is 1.41 bits per heavy atom. The van der Waals surface area contributed by atoms with E-state index in [0.717, 1.165) is 0 Å². The van der Waals surface area contributed by atoms with Gasteiger partial charge in [0.15, 0.2) is 17.3 Å². The summed E-state index contributed by atoms with van der Waals surface area (Å²) in [4.78, 5) is 55.1. The van der Waals surface area contributed by atoms with Crippen LogP contribution in [0.15, 0.2) is 97.6 Å². The van der Waals surface area contributed by atoms with Crippen LogP contribution in [-0.4, -0.2) is 44.6 Å². The molecule has 9 heteroatoms. The largest absolute Gasteiger partial charge is 0.512 e. The van der Waals surface area contributed by atoms with E-state index < -0.39 is 0 Å². The molecule has 1 aromatic heterocycles. The fraction of sp³-hybridized carbons (Fsp3) is 0.143. The van der Waals surface area contributed by atoms with Crippen molar-refractivity contribution in [1.29, 1.82) is 0 Å². The van der Waals surface area contributed by atoms with Gasteiger partial charge in [-0.1, -0.05) is 0 Å². The Morgan fingerprint density at radius 1 is 0.622 bits per heavy atom. The number of aliphatic hydroxyl groups excluding tert-OH is 1. The molecule has 188 valence electrons. The van der Waals surface area contributed by atoms with Crippen LogP contribution in [0.25, 0.3) is 11.1 Å². The normalized spacial score (nSPS) is 19.2. The van der Waals surface area contributed by atoms with Crippen LogP contribution in [0.3, 0.4) is 0 Å². The number of nitrogens with zero attached hydrogens (tertiary/aromatic N) is 3. The minimum atomic E-state index is -0.238. The average Bonchev–Trinajstić information content (AvgIpc) is 3.57. The monoisotopic (exact) mass is 536 g/mol. The molecule has 8 bridgehead atoms. The van der Waals surface area contributed by atoms with Crippen LogP contribution in [0.1, 0.15) is 39.1 Å². The molecule has 0 atom stereocenters. The van der Waals surface area contributed by atoms with Crippen molar-refractivity contribution in [2.45, 2.75) is 27.7 Å². The molecule has 0 aromatic carbocycles. The Labute approximate surface area is 223 Å². The van der Waals surface area contributed by atoms with Gasteiger partial charge < -0.3 is 10.1 Å². The molecule has 37 heavy (non-hydrogen) atoms. The number of rotatable bonds is 3. The molecular weight excluding hydrogens is 515 g/mol. The Kier molecular flexibility index (Phi) is 6.76. The number of aromatic nitrogens is 1. The number of allylic oxidation sites excluding steroid dienone is 11. The molecule has 0 radical (unpaired) electrons. The van der Waals surface area contributed by atoms with E-state index in [1.54, 1.807) is 48.6 Å². The smallest absolute Gasteiger partial charge is 0.164 e. The first-order valence-electron chi connectivity index (χ1n) is 11.3. The van der Waals surface area contributed by atoms with Gasteiger partial charge in [0.1, 0.15) is 5.76 Å². The van der Waals surface area contributed by atoms with E-state index in [1.165, 1.54) is 27.7 Å². The number of carbonyl (C=O) groups is 3. The van der Waals surface area contributed by atoms with E-state index in [-0.39, 0.29) is 39.6 Å². The number of Topliss-reactive ketones (excluding diaryl/α,β-unsaturated/α-hetero) is 3. The van der Waals surface area contributed by atoms with Crippen molar-refractivity contribution in [3.05, 3.63) is 94.0 Å². The predicted molar refractivity (Wildman–Crippen MR) is 139 cm³/mol. The molecule has 4 aliphatic heterocycles. The number of nitrogens with one attached hydrogen (secondary N) is 1. The number of ketones is 3. The quantitative estimate of drug-likeness (QED) is 0.440. The topological polar surface area (TPSA) is 124 Å². The maximum absolute atomic E-state index is 12.7. The Bertz CT molecular complexity index is 1610. The summed E-state index contributed by atoms with van der Waals surface area (Å²) < 4.78 is 0. The zero-order chi connectivity index (χ0) is 25.7. The molecule has 0 saturated carbocycles. The Morgan fingerprint density at radius 2 is 1.00 bits per heavy atom. The predicted octanol–water partition coefficient (Wildman–Crippen LogP) is 4.33. The van der Waals surface area contributed by atoms with Crippen molar-refractivity contribution in [2.75, 3.05) is 0 Å². The summed E-state index contributed by atoms with van der Waals surface area (Å²) in [5, 5.41) is 10.5. The van der Waals surface area contributed by atoms with Crippen molar-refractivity contribution in [2.24, 2.45) is 15.0 Å². The molecule has 0 unspecified atom stereocenters. The van der Waals surface area contributed by atoms with Crippen LogP contribution in [0.2, 0.25) is 0 Å². The van der Waals surface area contributed by atoms with Crippen LogP contribution in [-0.2, 0) is 30.9 Å². The van der Waals surface area contributed by atoms with Gasteiger partial charge in [-0.15, -0.1) is 0 Å². The molecule has 0 amide bonds. The second-order valence-corrected chi connectivity index (χ2v) is 8.69. The zero-order valence-electron chi connectivity index (χ0n) is 20.4. The minimum absolute atomic E-state index is 0. The summed E-state index contributed by atoms with van der Waals surface area (Å²) in [5.74, 6) is -0.681. The third-order valence-corrected chi connectivity index (χ3v) is 6.10.